The topological polar surface area (TPSA) is 4.44 Å². The highest BCUT2D eigenvalue weighted by molar-refractivity contribution is 4.60. The van der Waals surface area contributed by atoms with Crippen molar-refractivity contribution in [3.05, 3.63) is 0 Å². The van der Waals surface area contributed by atoms with Gasteiger partial charge in [0, 0.05) is 5.92 Å². The summed E-state index contributed by atoms with van der Waals surface area (Å²) >= 11 is 0. The van der Waals surface area contributed by atoms with Crippen LogP contribution in [0.1, 0.15) is 52.4 Å². The van der Waals surface area contributed by atoms with Crippen LogP contribution < -0.4 is 17.3 Å². The first-order valence-electron chi connectivity index (χ1n) is 6.20. The minimum atomic E-state index is 0. The lowest BCUT2D eigenvalue weighted by molar-refractivity contribution is -0.909. The van der Waals surface area contributed by atoms with Gasteiger partial charge < -0.3 is 17.3 Å². The molecule has 0 aliphatic carbocycles. The summed E-state index contributed by atoms with van der Waals surface area (Å²) in [5, 5.41) is 0. The van der Waals surface area contributed by atoms with Crippen LogP contribution in [0.3, 0.4) is 0 Å². The van der Waals surface area contributed by atoms with Gasteiger partial charge in [-0.2, -0.15) is 0 Å². The molecule has 1 aliphatic heterocycles. The molecule has 1 aliphatic rings. The molecule has 0 spiro atoms. The van der Waals surface area contributed by atoms with E-state index in [1.54, 1.807) is 0 Å². The zero-order valence-corrected chi connectivity index (χ0v) is 10.6. The van der Waals surface area contributed by atoms with E-state index in [0.717, 1.165) is 5.92 Å². The van der Waals surface area contributed by atoms with Crippen molar-refractivity contribution < 1.29 is 17.3 Å². The Morgan fingerprint density at radius 1 is 1.21 bits per heavy atom. The van der Waals surface area contributed by atoms with Crippen molar-refractivity contribution in [1.82, 2.24) is 0 Å². The fourth-order valence-corrected chi connectivity index (χ4v) is 2.56. The standard InChI is InChI=1S/C12H25N.ClH/c1-3-5-9-13-10-6-8-12(11-13)7-4-2;/h12H,3-11H2,1-2H3;1H. The van der Waals surface area contributed by atoms with E-state index in [0.29, 0.717) is 0 Å². The molecular formula is C12H26ClN. The summed E-state index contributed by atoms with van der Waals surface area (Å²) in [7, 11) is 0. The highest BCUT2D eigenvalue weighted by Gasteiger charge is 2.21. The van der Waals surface area contributed by atoms with Gasteiger partial charge in [0.1, 0.15) is 0 Å². The number of hydrogen-bond donors (Lipinski definition) is 1. The third kappa shape index (κ3) is 5.21. The van der Waals surface area contributed by atoms with Crippen molar-refractivity contribution in [2.45, 2.75) is 52.4 Å². The molecule has 0 saturated carbocycles. The molecule has 2 unspecified atom stereocenters. The molecule has 1 fully saturated rings. The molecule has 1 saturated heterocycles. The Kier molecular flexibility index (Phi) is 8.70. The largest absolute Gasteiger partial charge is 1.00 e. The Labute approximate surface area is 95.7 Å². The summed E-state index contributed by atoms with van der Waals surface area (Å²) in [6.07, 6.45) is 8.62. The van der Waals surface area contributed by atoms with Crippen LogP contribution in [0, 0.1) is 5.92 Å². The third-order valence-corrected chi connectivity index (χ3v) is 3.30. The van der Waals surface area contributed by atoms with Crippen LogP contribution in [0.25, 0.3) is 0 Å². The summed E-state index contributed by atoms with van der Waals surface area (Å²) in [6.45, 7) is 8.96. The van der Waals surface area contributed by atoms with Gasteiger partial charge in [-0.15, -0.1) is 0 Å². The fourth-order valence-electron chi connectivity index (χ4n) is 2.56. The first-order valence-corrected chi connectivity index (χ1v) is 6.20. The zero-order chi connectivity index (χ0) is 9.52. The second-order valence-corrected chi connectivity index (χ2v) is 4.60. The molecule has 0 aromatic carbocycles. The molecule has 0 radical (unpaired) electrons. The Bertz CT molecular complexity index is 125. The second-order valence-electron chi connectivity index (χ2n) is 4.60. The third-order valence-electron chi connectivity index (χ3n) is 3.30. The minimum absolute atomic E-state index is 0. The van der Waals surface area contributed by atoms with Crippen LogP contribution in [0.2, 0.25) is 0 Å². The molecule has 1 nitrogen and oxygen atoms in total. The van der Waals surface area contributed by atoms with Gasteiger partial charge in [0.25, 0.3) is 0 Å². The molecule has 1 N–H and O–H groups in total. The van der Waals surface area contributed by atoms with Crippen LogP contribution in [-0.2, 0) is 0 Å². The van der Waals surface area contributed by atoms with E-state index in [2.05, 4.69) is 13.8 Å². The van der Waals surface area contributed by atoms with Crippen LogP contribution in [0.5, 0.6) is 0 Å². The van der Waals surface area contributed by atoms with Crippen LogP contribution in [0.4, 0.5) is 0 Å². The van der Waals surface area contributed by atoms with E-state index in [9.17, 15) is 0 Å². The maximum absolute atomic E-state index is 2.32. The van der Waals surface area contributed by atoms with Crippen molar-refractivity contribution >= 4 is 0 Å². The predicted molar refractivity (Wildman–Crippen MR) is 58.1 cm³/mol. The van der Waals surface area contributed by atoms with Gasteiger partial charge in [0.05, 0.1) is 19.6 Å². The molecule has 0 aromatic heterocycles. The number of piperidine rings is 1. The molecule has 0 aromatic rings. The summed E-state index contributed by atoms with van der Waals surface area (Å²) in [6, 6.07) is 0. The number of quaternary nitrogens is 1. The smallest absolute Gasteiger partial charge is 0.0799 e. The summed E-state index contributed by atoms with van der Waals surface area (Å²) in [4.78, 5) is 1.88. The van der Waals surface area contributed by atoms with E-state index >= 15 is 0 Å². The fraction of sp³-hybridized carbons (Fsp3) is 1.00. The average molecular weight is 220 g/mol. The van der Waals surface area contributed by atoms with Crippen LogP contribution in [-0.4, -0.2) is 19.6 Å². The highest BCUT2D eigenvalue weighted by Crippen LogP contribution is 2.13. The number of halogens is 1. The summed E-state index contributed by atoms with van der Waals surface area (Å²) in [5.41, 5.74) is 0. The van der Waals surface area contributed by atoms with Gasteiger partial charge in [-0.1, -0.05) is 26.7 Å². The van der Waals surface area contributed by atoms with Gasteiger partial charge in [0.2, 0.25) is 0 Å². The Morgan fingerprint density at radius 2 is 2.00 bits per heavy atom. The molecular weight excluding hydrogens is 194 g/mol. The summed E-state index contributed by atoms with van der Waals surface area (Å²) < 4.78 is 0. The lowest BCUT2D eigenvalue weighted by Crippen LogP contribution is -3.13. The van der Waals surface area contributed by atoms with E-state index < -0.39 is 0 Å². The maximum Gasteiger partial charge on any atom is 0.0799 e. The van der Waals surface area contributed by atoms with Gasteiger partial charge in [-0.05, 0) is 25.7 Å². The minimum Gasteiger partial charge on any atom is -1.00 e. The van der Waals surface area contributed by atoms with Gasteiger partial charge in [-0.25, -0.2) is 0 Å². The average Bonchev–Trinajstić information content (AvgIpc) is 2.16. The Balaban J connectivity index is 0.00000169. The number of likely N-dealkylation sites (tertiary alicyclic amines) is 1. The molecule has 0 amide bonds. The zero-order valence-electron chi connectivity index (χ0n) is 9.82. The normalized spacial score (nSPS) is 27.0. The van der Waals surface area contributed by atoms with Crippen molar-refractivity contribution in [1.29, 1.82) is 0 Å². The molecule has 1 rings (SSSR count). The lowest BCUT2D eigenvalue weighted by atomic mass is 9.93. The second kappa shape index (κ2) is 8.55. The van der Waals surface area contributed by atoms with Crippen molar-refractivity contribution in [2.75, 3.05) is 19.6 Å². The van der Waals surface area contributed by atoms with E-state index in [1.807, 2.05) is 4.90 Å². The van der Waals surface area contributed by atoms with Crippen LogP contribution >= 0.6 is 0 Å². The van der Waals surface area contributed by atoms with Gasteiger partial charge in [-0.3, -0.25) is 0 Å². The molecule has 1 heterocycles. The maximum atomic E-state index is 2.32. The molecule has 14 heavy (non-hydrogen) atoms. The number of rotatable bonds is 5. The first-order chi connectivity index (χ1) is 6.36. The quantitative estimate of drug-likeness (QED) is 0.598. The number of nitrogens with one attached hydrogen (secondary N) is 1. The first kappa shape index (κ1) is 14.2. The van der Waals surface area contributed by atoms with Crippen molar-refractivity contribution in [3.8, 4) is 0 Å². The van der Waals surface area contributed by atoms with E-state index in [4.69, 9.17) is 0 Å². The SMILES string of the molecule is CCCC[NH+]1CCCC(CCC)C1.[Cl-]. The Morgan fingerprint density at radius 3 is 2.64 bits per heavy atom. The molecule has 2 atom stereocenters. The van der Waals surface area contributed by atoms with Crippen LogP contribution in [0.15, 0.2) is 0 Å². The van der Waals surface area contributed by atoms with Gasteiger partial charge in [0.15, 0.2) is 0 Å². The monoisotopic (exact) mass is 219 g/mol. The summed E-state index contributed by atoms with van der Waals surface area (Å²) in [5.74, 6) is 1.05. The highest BCUT2D eigenvalue weighted by atomic mass is 35.5. The number of unbranched alkanes of at least 4 members (excludes halogenated alkanes) is 1. The van der Waals surface area contributed by atoms with E-state index in [-0.39, 0.29) is 12.4 Å². The number of hydrogen-bond acceptors (Lipinski definition) is 0. The molecule has 2 heteroatoms. The van der Waals surface area contributed by atoms with Gasteiger partial charge >= 0.3 is 0 Å². The van der Waals surface area contributed by atoms with Crippen molar-refractivity contribution in [2.24, 2.45) is 5.92 Å². The molecule has 0 bridgehead atoms. The molecule has 86 valence electrons. The van der Waals surface area contributed by atoms with E-state index in [1.165, 1.54) is 58.2 Å². The lowest BCUT2D eigenvalue weighted by Gasteiger charge is -2.29. The van der Waals surface area contributed by atoms with Crippen molar-refractivity contribution in [3.63, 3.8) is 0 Å². The Hall–Kier alpha value is 0.250. The predicted octanol–water partition coefficient (Wildman–Crippen LogP) is -1.11.